The summed E-state index contributed by atoms with van der Waals surface area (Å²) in [4.78, 5) is 44.9. The van der Waals surface area contributed by atoms with Gasteiger partial charge in [0.05, 0.1) is 28.9 Å². The predicted molar refractivity (Wildman–Crippen MR) is 155 cm³/mol. The van der Waals surface area contributed by atoms with Crippen molar-refractivity contribution in [2.24, 2.45) is 0 Å². The zero-order valence-electron chi connectivity index (χ0n) is 23.2. The average molecular weight is 545 g/mol. The number of hydrogen-bond acceptors (Lipinski definition) is 7. The zero-order chi connectivity index (χ0) is 28.5. The van der Waals surface area contributed by atoms with Gasteiger partial charge in [-0.2, -0.15) is 0 Å². The summed E-state index contributed by atoms with van der Waals surface area (Å²) in [6.45, 7) is 12.7. The van der Waals surface area contributed by atoms with E-state index in [1.165, 1.54) is 0 Å². The maximum atomic E-state index is 13.9. The molecule has 7 nitrogen and oxygen atoms in total. The monoisotopic (exact) mass is 544 g/mol. The Labute approximate surface area is 232 Å². The summed E-state index contributed by atoms with van der Waals surface area (Å²) in [5, 5.41) is 3.82. The third kappa shape index (κ3) is 5.86. The number of esters is 2. The lowest BCUT2D eigenvalue weighted by Crippen LogP contribution is -2.23. The van der Waals surface area contributed by atoms with Crippen LogP contribution >= 0.6 is 11.3 Å². The Balaban J connectivity index is 1.84. The molecular formula is C31H32N2O5S. The van der Waals surface area contributed by atoms with Crippen LogP contribution in [0.2, 0.25) is 0 Å². The van der Waals surface area contributed by atoms with Gasteiger partial charge in [0, 0.05) is 10.9 Å². The van der Waals surface area contributed by atoms with Crippen LogP contribution in [0.4, 0.5) is 5.00 Å². The van der Waals surface area contributed by atoms with Crippen LogP contribution in [0.25, 0.3) is 22.2 Å². The first kappa shape index (κ1) is 28.0. The maximum absolute atomic E-state index is 13.9. The largest absolute Gasteiger partial charge is 0.462 e. The topological polar surface area (TPSA) is 94.6 Å². The van der Waals surface area contributed by atoms with Gasteiger partial charge in [0.25, 0.3) is 5.91 Å². The SMILES string of the molecule is CCOC(=O)c1c(NC(=O)c2c(C)c(-c3ccc(C)cc3)nc3ccccc23)sc(C(=O)OC(C)(C)C)c1C. The molecule has 0 saturated heterocycles. The minimum atomic E-state index is -0.722. The molecule has 0 unspecified atom stereocenters. The molecule has 0 spiro atoms. The van der Waals surface area contributed by atoms with Crippen molar-refractivity contribution < 1.29 is 23.9 Å². The zero-order valence-corrected chi connectivity index (χ0v) is 24.0. The number of para-hydroxylation sites is 1. The number of pyridine rings is 1. The summed E-state index contributed by atoms with van der Waals surface area (Å²) in [5.74, 6) is -1.60. The number of nitrogens with one attached hydrogen (secondary N) is 1. The summed E-state index contributed by atoms with van der Waals surface area (Å²) in [5.41, 5.74) is 4.35. The standard InChI is InChI=1S/C31H32N2O5S/c1-8-37-29(35)24-19(4)26(30(36)38-31(5,6)7)39-28(24)33-27(34)23-18(3)25(20-15-13-17(2)14-16-20)32-22-12-10-9-11-21(22)23/h9-16H,8H2,1-7H3,(H,33,34). The van der Waals surface area contributed by atoms with Crippen LogP contribution in [0.15, 0.2) is 48.5 Å². The number of fused-ring (bicyclic) bond motifs is 1. The van der Waals surface area contributed by atoms with Crippen LogP contribution in [0.1, 0.15) is 74.8 Å². The van der Waals surface area contributed by atoms with E-state index in [1.807, 2.05) is 62.4 Å². The lowest BCUT2D eigenvalue weighted by molar-refractivity contribution is 0.00743. The van der Waals surface area contributed by atoms with Gasteiger partial charge in [-0.15, -0.1) is 11.3 Å². The Kier molecular flexibility index (Phi) is 7.88. The van der Waals surface area contributed by atoms with Crippen molar-refractivity contribution in [1.29, 1.82) is 0 Å². The number of aromatic nitrogens is 1. The molecule has 2 aromatic heterocycles. The summed E-state index contributed by atoms with van der Waals surface area (Å²) >= 11 is 1.00. The van der Waals surface area contributed by atoms with E-state index >= 15 is 0 Å². The van der Waals surface area contributed by atoms with Crippen LogP contribution in [-0.2, 0) is 9.47 Å². The maximum Gasteiger partial charge on any atom is 0.349 e. The van der Waals surface area contributed by atoms with Crippen LogP contribution in [0, 0.1) is 20.8 Å². The molecule has 0 aliphatic carbocycles. The summed E-state index contributed by atoms with van der Waals surface area (Å²) in [7, 11) is 0. The molecule has 0 fully saturated rings. The summed E-state index contributed by atoms with van der Waals surface area (Å²) < 4.78 is 10.8. The average Bonchev–Trinajstić information content (AvgIpc) is 3.19. The second-order valence-electron chi connectivity index (χ2n) is 10.3. The van der Waals surface area contributed by atoms with Gasteiger partial charge in [-0.1, -0.05) is 48.0 Å². The summed E-state index contributed by atoms with van der Waals surface area (Å²) in [6.07, 6.45) is 0. The molecule has 4 rings (SSSR count). The Morgan fingerprint density at radius 2 is 1.56 bits per heavy atom. The van der Waals surface area contributed by atoms with E-state index in [0.717, 1.165) is 22.5 Å². The van der Waals surface area contributed by atoms with E-state index in [-0.39, 0.29) is 22.0 Å². The Hall–Kier alpha value is -4.04. The quantitative estimate of drug-likeness (QED) is 0.257. The van der Waals surface area contributed by atoms with Crippen molar-refractivity contribution in [3.05, 3.63) is 81.2 Å². The van der Waals surface area contributed by atoms with Crippen LogP contribution in [0.3, 0.4) is 0 Å². The fraction of sp³-hybridized carbons (Fsp3) is 0.290. The fourth-order valence-corrected chi connectivity index (χ4v) is 5.39. The van der Waals surface area contributed by atoms with E-state index in [4.69, 9.17) is 14.5 Å². The van der Waals surface area contributed by atoms with Gasteiger partial charge in [-0.3, -0.25) is 4.79 Å². The van der Waals surface area contributed by atoms with Gasteiger partial charge in [-0.25, -0.2) is 14.6 Å². The normalized spacial score (nSPS) is 11.4. The first-order chi connectivity index (χ1) is 18.4. The predicted octanol–water partition coefficient (Wildman–Crippen LogP) is 7.27. The molecule has 2 aromatic carbocycles. The Morgan fingerprint density at radius 3 is 2.21 bits per heavy atom. The molecule has 202 valence electrons. The Bertz CT molecular complexity index is 1580. The number of aryl methyl sites for hydroxylation is 1. The third-order valence-electron chi connectivity index (χ3n) is 6.13. The van der Waals surface area contributed by atoms with Crippen molar-refractivity contribution >= 4 is 45.1 Å². The van der Waals surface area contributed by atoms with Crippen LogP contribution in [-0.4, -0.2) is 35.0 Å². The lowest BCUT2D eigenvalue weighted by Gasteiger charge is -2.19. The lowest BCUT2D eigenvalue weighted by atomic mass is 9.96. The van der Waals surface area contributed by atoms with E-state index in [0.29, 0.717) is 33.3 Å². The second-order valence-corrected chi connectivity index (χ2v) is 11.3. The van der Waals surface area contributed by atoms with Crippen molar-refractivity contribution in [2.45, 2.75) is 54.1 Å². The molecule has 39 heavy (non-hydrogen) atoms. The molecule has 8 heteroatoms. The minimum absolute atomic E-state index is 0.144. The van der Waals surface area contributed by atoms with E-state index < -0.39 is 23.4 Å². The summed E-state index contributed by atoms with van der Waals surface area (Å²) in [6, 6.07) is 15.4. The number of thiophene rings is 1. The highest BCUT2D eigenvalue weighted by Gasteiger charge is 2.30. The van der Waals surface area contributed by atoms with Crippen LogP contribution in [0.5, 0.6) is 0 Å². The smallest absolute Gasteiger partial charge is 0.349 e. The van der Waals surface area contributed by atoms with Crippen molar-refractivity contribution in [3.63, 3.8) is 0 Å². The molecule has 1 N–H and O–H groups in total. The molecule has 4 aromatic rings. The number of hydrogen-bond donors (Lipinski definition) is 1. The molecule has 0 saturated carbocycles. The number of benzene rings is 2. The van der Waals surface area contributed by atoms with Crippen molar-refractivity contribution in [3.8, 4) is 11.3 Å². The first-order valence-electron chi connectivity index (χ1n) is 12.7. The number of rotatable bonds is 6. The van der Waals surface area contributed by atoms with Gasteiger partial charge in [0.1, 0.15) is 15.5 Å². The molecule has 0 bridgehead atoms. The minimum Gasteiger partial charge on any atom is -0.462 e. The highest BCUT2D eigenvalue weighted by molar-refractivity contribution is 7.18. The van der Waals surface area contributed by atoms with Gasteiger partial charge in [-0.05, 0) is 65.7 Å². The van der Waals surface area contributed by atoms with E-state index in [1.54, 1.807) is 34.6 Å². The highest BCUT2D eigenvalue weighted by atomic mass is 32.1. The molecule has 0 aliphatic rings. The Morgan fingerprint density at radius 1 is 0.897 bits per heavy atom. The first-order valence-corrected chi connectivity index (χ1v) is 13.5. The van der Waals surface area contributed by atoms with Crippen molar-refractivity contribution in [1.82, 2.24) is 4.98 Å². The molecule has 2 heterocycles. The molecule has 0 radical (unpaired) electrons. The van der Waals surface area contributed by atoms with Gasteiger partial charge >= 0.3 is 11.9 Å². The number of carbonyl (C=O) groups is 3. The third-order valence-corrected chi connectivity index (χ3v) is 7.31. The molecule has 0 atom stereocenters. The number of nitrogens with zero attached hydrogens (tertiary/aromatic N) is 1. The molecule has 1 amide bonds. The second kappa shape index (κ2) is 11.0. The van der Waals surface area contributed by atoms with Crippen molar-refractivity contribution in [2.75, 3.05) is 11.9 Å². The number of anilines is 1. The fourth-order valence-electron chi connectivity index (χ4n) is 4.33. The van der Waals surface area contributed by atoms with Gasteiger partial charge in [0.2, 0.25) is 0 Å². The van der Waals surface area contributed by atoms with Gasteiger partial charge < -0.3 is 14.8 Å². The molecule has 0 aliphatic heterocycles. The van der Waals surface area contributed by atoms with Gasteiger partial charge in [0.15, 0.2) is 0 Å². The number of carbonyl (C=O) groups excluding carboxylic acids is 3. The number of amides is 1. The number of ether oxygens (including phenoxy) is 2. The van der Waals surface area contributed by atoms with E-state index in [2.05, 4.69) is 5.32 Å². The molecular weight excluding hydrogens is 512 g/mol. The van der Waals surface area contributed by atoms with E-state index in [9.17, 15) is 14.4 Å². The highest BCUT2D eigenvalue weighted by Crippen LogP contribution is 2.37. The van der Waals surface area contributed by atoms with Crippen LogP contribution < -0.4 is 5.32 Å².